The molecule has 0 fully saturated rings. The molecule has 0 radical (unpaired) electrons. The van der Waals surface area contributed by atoms with Gasteiger partial charge >= 0.3 is 0 Å². The quantitative estimate of drug-likeness (QED) is 0.430. The predicted molar refractivity (Wildman–Crippen MR) is 129 cm³/mol. The van der Waals surface area contributed by atoms with E-state index in [9.17, 15) is 13.2 Å². The Morgan fingerprint density at radius 3 is 2.24 bits per heavy atom. The number of anilines is 2. The highest BCUT2D eigenvalue weighted by Crippen LogP contribution is 2.34. The molecule has 0 spiro atoms. The molecular formula is C22H22Cl2N4O4S. The Morgan fingerprint density at radius 2 is 1.67 bits per heavy atom. The fourth-order valence-corrected chi connectivity index (χ4v) is 4.51. The van der Waals surface area contributed by atoms with Gasteiger partial charge in [-0.05, 0) is 56.7 Å². The fraction of sp³-hybridized carbons (Fsp3) is 0.227. The number of amides is 1. The molecule has 11 heteroatoms. The van der Waals surface area contributed by atoms with Crippen LogP contribution >= 0.6 is 23.2 Å². The SMILES string of the molecule is CCCOc1c(Cl)cc(C(=O)Nc2ccc(S(=O)(=O)Nc3cc(C)nc(C)n3)cc2)cc1Cl. The van der Waals surface area contributed by atoms with Crippen molar-refractivity contribution < 1.29 is 17.9 Å². The number of carbonyl (C=O) groups excluding carboxylic acids is 1. The van der Waals surface area contributed by atoms with Crippen LogP contribution in [-0.2, 0) is 10.0 Å². The maximum Gasteiger partial charge on any atom is 0.263 e. The zero-order chi connectivity index (χ0) is 24.2. The highest BCUT2D eigenvalue weighted by Gasteiger charge is 2.17. The monoisotopic (exact) mass is 508 g/mol. The van der Waals surface area contributed by atoms with Gasteiger partial charge in [0.15, 0.2) is 5.75 Å². The molecule has 0 unspecified atom stereocenters. The van der Waals surface area contributed by atoms with E-state index in [1.807, 2.05) is 6.92 Å². The summed E-state index contributed by atoms with van der Waals surface area (Å²) in [6.45, 7) is 5.82. The van der Waals surface area contributed by atoms with Crippen molar-refractivity contribution in [3.05, 3.63) is 69.6 Å². The van der Waals surface area contributed by atoms with Crippen LogP contribution in [0.5, 0.6) is 5.75 Å². The van der Waals surface area contributed by atoms with Gasteiger partial charge in [-0.3, -0.25) is 9.52 Å². The van der Waals surface area contributed by atoms with Crippen LogP contribution in [-0.4, -0.2) is 30.9 Å². The summed E-state index contributed by atoms with van der Waals surface area (Å²) in [5.41, 5.74) is 1.27. The van der Waals surface area contributed by atoms with Crippen LogP contribution in [0, 0.1) is 13.8 Å². The van der Waals surface area contributed by atoms with Crippen LogP contribution in [0.25, 0.3) is 0 Å². The van der Waals surface area contributed by atoms with Crippen molar-refractivity contribution in [2.24, 2.45) is 0 Å². The number of aryl methyl sites for hydroxylation is 2. The summed E-state index contributed by atoms with van der Waals surface area (Å²) in [6.07, 6.45) is 0.786. The largest absolute Gasteiger partial charge is 0.490 e. The number of aromatic nitrogens is 2. The Balaban J connectivity index is 1.73. The lowest BCUT2D eigenvalue weighted by molar-refractivity contribution is 0.102. The second-order valence-corrected chi connectivity index (χ2v) is 9.64. The van der Waals surface area contributed by atoms with E-state index in [4.69, 9.17) is 27.9 Å². The predicted octanol–water partition coefficient (Wildman–Crippen LogP) is 5.24. The van der Waals surface area contributed by atoms with Gasteiger partial charge in [-0.15, -0.1) is 0 Å². The smallest absolute Gasteiger partial charge is 0.263 e. The summed E-state index contributed by atoms with van der Waals surface area (Å²) in [5.74, 6) is 0.503. The van der Waals surface area contributed by atoms with Crippen LogP contribution < -0.4 is 14.8 Å². The van der Waals surface area contributed by atoms with Gasteiger partial charge in [-0.2, -0.15) is 0 Å². The van der Waals surface area contributed by atoms with Crippen LogP contribution in [0.1, 0.15) is 35.2 Å². The summed E-state index contributed by atoms with van der Waals surface area (Å²) in [4.78, 5) is 20.8. The molecule has 8 nitrogen and oxygen atoms in total. The number of rotatable bonds is 8. The second kappa shape index (κ2) is 10.4. The first-order valence-corrected chi connectivity index (χ1v) is 12.2. The van der Waals surface area contributed by atoms with Gasteiger partial charge in [0.1, 0.15) is 11.6 Å². The second-order valence-electron chi connectivity index (χ2n) is 7.14. The van der Waals surface area contributed by atoms with Gasteiger partial charge in [0.05, 0.1) is 21.5 Å². The Labute approximate surface area is 202 Å². The highest BCUT2D eigenvalue weighted by molar-refractivity contribution is 7.92. The molecule has 1 heterocycles. The van der Waals surface area contributed by atoms with E-state index in [-0.39, 0.29) is 26.3 Å². The van der Waals surface area contributed by atoms with E-state index in [0.29, 0.717) is 29.6 Å². The summed E-state index contributed by atoms with van der Waals surface area (Å²) in [5, 5.41) is 3.14. The summed E-state index contributed by atoms with van der Waals surface area (Å²) in [7, 11) is -3.87. The molecule has 0 aliphatic heterocycles. The minimum Gasteiger partial charge on any atom is -0.490 e. The maximum atomic E-state index is 12.7. The lowest BCUT2D eigenvalue weighted by atomic mass is 10.2. The van der Waals surface area contributed by atoms with E-state index in [0.717, 1.165) is 6.42 Å². The normalized spacial score (nSPS) is 11.2. The topological polar surface area (TPSA) is 110 Å². The van der Waals surface area contributed by atoms with Gasteiger partial charge < -0.3 is 10.1 Å². The lowest BCUT2D eigenvalue weighted by Gasteiger charge is -2.12. The van der Waals surface area contributed by atoms with E-state index in [2.05, 4.69) is 20.0 Å². The Bertz CT molecular complexity index is 1240. The zero-order valence-electron chi connectivity index (χ0n) is 18.1. The van der Waals surface area contributed by atoms with Gasteiger partial charge in [-0.25, -0.2) is 18.4 Å². The molecule has 2 aromatic carbocycles. The molecule has 3 rings (SSSR count). The number of sulfonamides is 1. The standard InChI is InChI=1S/C22H22Cl2N4O4S/c1-4-9-32-21-18(23)11-15(12-19(21)24)22(29)27-16-5-7-17(8-6-16)33(30,31)28-20-10-13(2)25-14(3)26-20/h5-8,10-12H,4,9H2,1-3H3,(H,27,29)(H,25,26,28). The number of benzene rings is 2. The average Bonchev–Trinajstić information content (AvgIpc) is 2.72. The maximum absolute atomic E-state index is 12.7. The van der Waals surface area contributed by atoms with Gasteiger partial charge in [0.25, 0.3) is 15.9 Å². The van der Waals surface area contributed by atoms with Gasteiger partial charge in [0.2, 0.25) is 0 Å². The minimum atomic E-state index is -3.87. The summed E-state index contributed by atoms with van der Waals surface area (Å²) < 4.78 is 33.3. The molecule has 0 saturated carbocycles. The molecule has 0 bridgehead atoms. The van der Waals surface area contributed by atoms with Crippen molar-refractivity contribution in [3.8, 4) is 5.75 Å². The summed E-state index contributed by atoms with van der Waals surface area (Å²) >= 11 is 12.4. The minimum absolute atomic E-state index is 0.0120. The summed E-state index contributed by atoms with van der Waals surface area (Å²) in [6, 6.07) is 10.2. The first-order valence-electron chi connectivity index (χ1n) is 9.97. The molecule has 0 aliphatic rings. The highest BCUT2D eigenvalue weighted by atomic mass is 35.5. The van der Waals surface area contributed by atoms with E-state index < -0.39 is 15.9 Å². The van der Waals surface area contributed by atoms with Crippen molar-refractivity contribution in [1.82, 2.24) is 9.97 Å². The molecule has 1 aromatic heterocycles. The van der Waals surface area contributed by atoms with Crippen LogP contribution in [0.3, 0.4) is 0 Å². The fourth-order valence-electron chi connectivity index (χ4n) is 2.92. The zero-order valence-corrected chi connectivity index (χ0v) is 20.5. The molecule has 33 heavy (non-hydrogen) atoms. The number of hydrogen-bond donors (Lipinski definition) is 2. The molecule has 0 aliphatic carbocycles. The number of ether oxygens (including phenoxy) is 1. The number of carbonyl (C=O) groups is 1. The number of nitrogens with one attached hydrogen (secondary N) is 2. The van der Waals surface area contributed by atoms with Crippen LogP contribution in [0.2, 0.25) is 10.0 Å². The number of hydrogen-bond acceptors (Lipinski definition) is 6. The van der Waals surface area contributed by atoms with E-state index >= 15 is 0 Å². The van der Waals surface area contributed by atoms with Crippen molar-refractivity contribution in [2.45, 2.75) is 32.1 Å². The third-order valence-corrected chi connectivity index (χ3v) is 6.27. The molecule has 3 aromatic rings. The number of halogens is 2. The lowest BCUT2D eigenvalue weighted by Crippen LogP contribution is -2.15. The Morgan fingerprint density at radius 1 is 1.03 bits per heavy atom. The van der Waals surface area contributed by atoms with Gasteiger partial charge in [0, 0.05) is 23.0 Å². The Kier molecular flexibility index (Phi) is 7.78. The van der Waals surface area contributed by atoms with Crippen molar-refractivity contribution >= 4 is 50.6 Å². The first kappa shape index (κ1) is 24.8. The average molecular weight is 509 g/mol. The van der Waals surface area contributed by atoms with Crippen molar-refractivity contribution in [1.29, 1.82) is 0 Å². The third-order valence-electron chi connectivity index (χ3n) is 4.34. The van der Waals surface area contributed by atoms with Crippen LogP contribution in [0.4, 0.5) is 11.5 Å². The van der Waals surface area contributed by atoms with Gasteiger partial charge in [-0.1, -0.05) is 30.1 Å². The molecule has 174 valence electrons. The molecular weight excluding hydrogens is 487 g/mol. The number of nitrogens with zero attached hydrogens (tertiary/aromatic N) is 2. The molecule has 2 N–H and O–H groups in total. The van der Waals surface area contributed by atoms with Crippen molar-refractivity contribution in [2.75, 3.05) is 16.6 Å². The first-order chi connectivity index (χ1) is 15.6. The van der Waals surface area contributed by atoms with E-state index in [1.165, 1.54) is 42.5 Å². The van der Waals surface area contributed by atoms with Crippen LogP contribution in [0.15, 0.2) is 47.4 Å². The van der Waals surface area contributed by atoms with Crippen molar-refractivity contribution in [3.63, 3.8) is 0 Å². The molecule has 0 saturated heterocycles. The van der Waals surface area contributed by atoms with E-state index in [1.54, 1.807) is 13.8 Å². The third kappa shape index (κ3) is 6.34. The molecule has 0 atom stereocenters. The molecule has 1 amide bonds. The Hall–Kier alpha value is -2.88.